The van der Waals surface area contributed by atoms with Crippen LogP contribution in [0.5, 0.6) is 5.88 Å². The predicted molar refractivity (Wildman–Crippen MR) is 96.4 cm³/mol. The minimum Gasteiger partial charge on any atom is -0.477 e. The maximum atomic E-state index is 5.91. The zero-order chi connectivity index (χ0) is 17.1. The molecule has 0 aromatic carbocycles. The highest BCUT2D eigenvalue weighted by atomic mass is 32.1. The Balaban J connectivity index is 1.47. The first-order chi connectivity index (χ1) is 12.3. The largest absolute Gasteiger partial charge is 0.477 e. The summed E-state index contributed by atoms with van der Waals surface area (Å²) in [5.41, 5.74) is 2.38. The van der Waals surface area contributed by atoms with E-state index in [1.165, 1.54) is 5.69 Å². The van der Waals surface area contributed by atoms with Gasteiger partial charge in [-0.2, -0.15) is 0 Å². The molecule has 7 heteroatoms. The van der Waals surface area contributed by atoms with Crippen molar-refractivity contribution in [1.29, 1.82) is 0 Å². The van der Waals surface area contributed by atoms with Crippen molar-refractivity contribution in [3.05, 3.63) is 58.7 Å². The van der Waals surface area contributed by atoms with Crippen LogP contribution >= 0.6 is 11.3 Å². The predicted octanol–water partition coefficient (Wildman–Crippen LogP) is 2.75. The number of fused-ring (bicyclic) bond motifs is 1. The van der Waals surface area contributed by atoms with E-state index in [1.807, 2.05) is 30.7 Å². The summed E-state index contributed by atoms with van der Waals surface area (Å²) in [6, 6.07) is 5.74. The molecule has 0 radical (unpaired) electrons. The third-order valence-corrected chi connectivity index (χ3v) is 5.13. The number of hydrogen-bond acceptors (Lipinski definition) is 6. The average molecular weight is 355 g/mol. The van der Waals surface area contributed by atoms with Gasteiger partial charge < -0.3 is 9.30 Å². The van der Waals surface area contributed by atoms with E-state index < -0.39 is 0 Å². The Labute approximate surface area is 151 Å². The average Bonchev–Trinajstić information content (AvgIpc) is 3.19. The first kappa shape index (κ1) is 16.2. The van der Waals surface area contributed by atoms with Crippen LogP contribution in [0.2, 0.25) is 0 Å². The SMILES string of the molecule is Cc1nc(CN2Cc3cncn3C[C@H](COc3ccccn3)C2)cs1. The molecule has 0 aliphatic carbocycles. The Morgan fingerprint density at radius 1 is 1.32 bits per heavy atom. The third kappa shape index (κ3) is 4.05. The summed E-state index contributed by atoms with van der Waals surface area (Å²) < 4.78 is 8.15. The number of aryl methyl sites for hydroxylation is 1. The molecule has 1 aliphatic heterocycles. The normalized spacial score (nSPS) is 17.9. The van der Waals surface area contributed by atoms with Crippen molar-refractivity contribution in [3.8, 4) is 5.88 Å². The van der Waals surface area contributed by atoms with Gasteiger partial charge in [-0.1, -0.05) is 6.07 Å². The Kier molecular flexibility index (Phi) is 4.76. The van der Waals surface area contributed by atoms with Crippen LogP contribution in [0, 0.1) is 12.8 Å². The fraction of sp³-hybridized carbons (Fsp3) is 0.389. The Morgan fingerprint density at radius 2 is 2.28 bits per heavy atom. The molecule has 0 saturated heterocycles. The summed E-state index contributed by atoms with van der Waals surface area (Å²) in [7, 11) is 0. The molecule has 6 nitrogen and oxygen atoms in total. The molecule has 1 aliphatic rings. The minimum absolute atomic E-state index is 0.372. The fourth-order valence-corrected chi connectivity index (χ4v) is 3.81. The highest BCUT2D eigenvalue weighted by Gasteiger charge is 2.23. The molecule has 3 aromatic heterocycles. The number of thiazole rings is 1. The minimum atomic E-state index is 0.372. The molecule has 0 spiro atoms. The van der Waals surface area contributed by atoms with Gasteiger partial charge in [0.1, 0.15) is 0 Å². The molecule has 4 heterocycles. The van der Waals surface area contributed by atoms with E-state index in [-0.39, 0.29) is 0 Å². The van der Waals surface area contributed by atoms with Gasteiger partial charge in [-0.25, -0.2) is 15.0 Å². The Bertz CT molecular complexity index is 816. The lowest BCUT2D eigenvalue weighted by atomic mass is 10.1. The van der Waals surface area contributed by atoms with Crippen LogP contribution in [0.4, 0.5) is 0 Å². The molecule has 4 rings (SSSR count). The van der Waals surface area contributed by atoms with E-state index in [0.717, 1.165) is 36.9 Å². The highest BCUT2D eigenvalue weighted by molar-refractivity contribution is 7.09. The number of imidazole rings is 1. The highest BCUT2D eigenvalue weighted by Crippen LogP contribution is 2.20. The van der Waals surface area contributed by atoms with Gasteiger partial charge in [0.2, 0.25) is 5.88 Å². The van der Waals surface area contributed by atoms with Gasteiger partial charge in [-0.15, -0.1) is 11.3 Å². The summed E-state index contributed by atoms with van der Waals surface area (Å²) >= 11 is 1.71. The second-order valence-electron chi connectivity index (χ2n) is 6.41. The van der Waals surface area contributed by atoms with Gasteiger partial charge in [-0.3, -0.25) is 4.90 Å². The zero-order valence-electron chi connectivity index (χ0n) is 14.2. The molecule has 0 fully saturated rings. The first-order valence-electron chi connectivity index (χ1n) is 8.42. The second kappa shape index (κ2) is 7.33. The van der Waals surface area contributed by atoms with Crippen molar-refractivity contribution < 1.29 is 4.74 Å². The lowest BCUT2D eigenvalue weighted by Crippen LogP contribution is -2.31. The van der Waals surface area contributed by atoms with Crippen LogP contribution in [0.1, 0.15) is 16.4 Å². The standard InChI is InChI=1S/C18H21N5OS/c1-14-21-16(12-25-14)9-22-7-15(8-23-13-19-6-17(23)10-22)11-24-18-4-2-3-5-20-18/h2-6,12-13,15H,7-11H2,1H3/t15-/m1/s1. The molecule has 0 amide bonds. The van der Waals surface area contributed by atoms with Crippen LogP contribution < -0.4 is 4.74 Å². The Hall–Kier alpha value is -2.25. The molecular weight excluding hydrogens is 334 g/mol. The molecule has 0 saturated carbocycles. The van der Waals surface area contributed by atoms with Crippen molar-refractivity contribution in [3.63, 3.8) is 0 Å². The topological polar surface area (TPSA) is 56.1 Å². The van der Waals surface area contributed by atoms with E-state index in [0.29, 0.717) is 18.4 Å². The van der Waals surface area contributed by atoms with Gasteiger partial charge in [-0.05, 0) is 13.0 Å². The molecular formula is C18H21N5OS. The van der Waals surface area contributed by atoms with E-state index in [2.05, 4.69) is 36.7 Å². The lowest BCUT2D eigenvalue weighted by molar-refractivity contribution is 0.163. The van der Waals surface area contributed by atoms with Crippen molar-refractivity contribution in [2.45, 2.75) is 26.6 Å². The first-order valence-corrected chi connectivity index (χ1v) is 9.30. The van der Waals surface area contributed by atoms with Crippen LogP contribution in [0.15, 0.2) is 42.3 Å². The summed E-state index contributed by atoms with van der Waals surface area (Å²) in [5, 5.41) is 3.27. The van der Waals surface area contributed by atoms with E-state index >= 15 is 0 Å². The Morgan fingerprint density at radius 3 is 3.08 bits per heavy atom. The number of ether oxygens (including phenoxy) is 1. The van der Waals surface area contributed by atoms with Gasteiger partial charge >= 0.3 is 0 Å². The number of nitrogens with zero attached hydrogens (tertiary/aromatic N) is 5. The summed E-state index contributed by atoms with van der Waals surface area (Å²) in [5.74, 6) is 1.05. The summed E-state index contributed by atoms with van der Waals surface area (Å²) in [6.07, 6.45) is 5.63. The van der Waals surface area contributed by atoms with E-state index in [1.54, 1.807) is 17.5 Å². The van der Waals surface area contributed by atoms with Gasteiger partial charge in [0.25, 0.3) is 0 Å². The molecule has 3 aromatic rings. The number of hydrogen-bond donors (Lipinski definition) is 0. The van der Waals surface area contributed by atoms with Crippen LogP contribution in [-0.4, -0.2) is 37.6 Å². The molecule has 0 unspecified atom stereocenters. The molecule has 1 atom stereocenters. The second-order valence-corrected chi connectivity index (χ2v) is 7.47. The van der Waals surface area contributed by atoms with Crippen molar-refractivity contribution in [1.82, 2.24) is 24.4 Å². The summed E-state index contributed by atoms with van der Waals surface area (Å²) in [6.45, 7) is 6.31. The molecule has 0 N–H and O–H groups in total. The lowest BCUT2D eigenvalue weighted by Gasteiger charge is -2.23. The van der Waals surface area contributed by atoms with Crippen LogP contribution in [0.25, 0.3) is 0 Å². The van der Waals surface area contributed by atoms with Crippen LogP contribution in [-0.2, 0) is 19.6 Å². The quantitative estimate of drug-likeness (QED) is 0.704. The van der Waals surface area contributed by atoms with Gasteiger partial charge in [0.05, 0.1) is 29.3 Å². The number of aromatic nitrogens is 4. The van der Waals surface area contributed by atoms with Crippen molar-refractivity contribution >= 4 is 11.3 Å². The fourth-order valence-electron chi connectivity index (χ4n) is 3.21. The van der Waals surface area contributed by atoms with Gasteiger partial charge in [0.15, 0.2) is 0 Å². The maximum absolute atomic E-state index is 5.91. The van der Waals surface area contributed by atoms with E-state index in [9.17, 15) is 0 Å². The zero-order valence-corrected chi connectivity index (χ0v) is 15.0. The van der Waals surface area contributed by atoms with Crippen molar-refractivity contribution in [2.24, 2.45) is 5.92 Å². The van der Waals surface area contributed by atoms with Gasteiger partial charge in [0, 0.05) is 55.9 Å². The number of pyridine rings is 1. The molecule has 130 valence electrons. The van der Waals surface area contributed by atoms with Crippen molar-refractivity contribution in [2.75, 3.05) is 13.2 Å². The van der Waals surface area contributed by atoms with Crippen LogP contribution in [0.3, 0.4) is 0 Å². The molecule has 0 bridgehead atoms. The molecule has 25 heavy (non-hydrogen) atoms. The number of rotatable bonds is 5. The maximum Gasteiger partial charge on any atom is 0.213 e. The third-order valence-electron chi connectivity index (χ3n) is 4.31. The summed E-state index contributed by atoms with van der Waals surface area (Å²) in [4.78, 5) is 15.6. The van der Waals surface area contributed by atoms with E-state index in [4.69, 9.17) is 4.74 Å². The smallest absolute Gasteiger partial charge is 0.213 e. The monoisotopic (exact) mass is 355 g/mol.